The maximum absolute atomic E-state index is 2.66. The molecule has 1 aliphatic heterocycles. The van der Waals surface area contributed by atoms with Crippen LogP contribution < -0.4 is 4.90 Å². The van der Waals surface area contributed by atoms with Gasteiger partial charge in [-0.25, -0.2) is 0 Å². The second-order valence-electron chi connectivity index (χ2n) is 7.50. The highest BCUT2D eigenvalue weighted by Gasteiger charge is 2.63. The van der Waals surface area contributed by atoms with Crippen LogP contribution in [-0.2, 0) is 7.05 Å². The molecule has 0 radical (unpaired) electrons. The molecule has 19 heavy (non-hydrogen) atoms. The van der Waals surface area contributed by atoms with Crippen molar-refractivity contribution in [1.29, 1.82) is 0 Å². The van der Waals surface area contributed by atoms with Crippen molar-refractivity contribution in [2.24, 2.45) is 17.9 Å². The Morgan fingerprint density at radius 2 is 1.74 bits per heavy atom. The lowest BCUT2D eigenvalue weighted by atomic mass is 9.59. The van der Waals surface area contributed by atoms with Gasteiger partial charge in [-0.1, -0.05) is 34.6 Å². The SMILES string of the molecule is CCC1(C)N(c2cccn2C)[C@@H](C)C(C)(C)C1(C)C. The molecule has 2 heteroatoms. The lowest BCUT2D eigenvalue weighted by Crippen LogP contribution is -2.51. The van der Waals surface area contributed by atoms with Gasteiger partial charge in [-0.05, 0) is 43.2 Å². The number of anilines is 1. The van der Waals surface area contributed by atoms with Crippen LogP contribution in [0, 0.1) is 10.8 Å². The van der Waals surface area contributed by atoms with E-state index in [0.29, 0.717) is 6.04 Å². The van der Waals surface area contributed by atoms with Gasteiger partial charge < -0.3 is 9.47 Å². The molecule has 2 heterocycles. The van der Waals surface area contributed by atoms with Crippen LogP contribution in [0.15, 0.2) is 18.3 Å². The van der Waals surface area contributed by atoms with E-state index in [1.165, 1.54) is 12.2 Å². The molecule has 2 rings (SSSR count). The van der Waals surface area contributed by atoms with E-state index in [1.807, 2.05) is 0 Å². The van der Waals surface area contributed by atoms with Gasteiger partial charge in [-0.15, -0.1) is 0 Å². The molecule has 1 unspecified atom stereocenters. The Morgan fingerprint density at radius 3 is 2.16 bits per heavy atom. The van der Waals surface area contributed by atoms with Crippen LogP contribution in [0.3, 0.4) is 0 Å². The van der Waals surface area contributed by atoms with E-state index in [9.17, 15) is 0 Å². The summed E-state index contributed by atoms with van der Waals surface area (Å²) >= 11 is 0. The first-order valence-electron chi connectivity index (χ1n) is 7.52. The van der Waals surface area contributed by atoms with Crippen molar-refractivity contribution >= 4 is 5.82 Å². The minimum absolute atomic E-state index is 0.183. The summed E-state index contributed by atoms with van der Waals surface area (Å²) in [6, 6.07) is 4.93. The average Bonchev–Trinajstić information content (AvgIpc) is 2.77. The Labute approximate surface area is 118 Å². The van der Waals surface area contributed by atoms with Crippen molar-refractivity contribution in [2.45, 2.75) is 66.5 Å². The summed E-state index contributed by atoms with van der Waals surface area (Å²) in [6.45, 7) is 16.9. The minimum Gasteiger partial charge on any atom is -0.349 e. The second kappa shape index (κ2) is 4.04. The second-order valence-corrected chi connectivity index (χ2v) is 7.50. The summed E-state index contributed by atoms with van der Waals surface area (Å²) in [6.07, 6.45) is 3.31. The molecule has 0 bridgehead atoms. The smallest absolute Gasteiger partial charge is 0.108 e. The maximum atomic E-state index is 2.66. The van der Waals surface area contributed by atoms with E-state index in [-0.39, 0.29) is 16.4 Å². The van der Waals surface area contributed by atoms with E-state index in [2.05, 4.69) is 83.3 Å². The first-order chi connectivity index (χ1) is 8.61. The monoisotopic (exact) mass is 262 g/mol. The summed E-state index contributed by atoms with van der Waals surface area (Å²) in [5, 5.41) is 0. The Bertz CT molecular complexity index is 469. The van der Waals surface area contributed by atoms with Gasteiger partial charge in [0, 0.05) is 24.8 Å². The molecule has 1 saturated heterocycles. The van der Waals surface area contributed by atoms with Crippen LogP contribution in [0.1, 0.15) is 54.9 Å². The third-order valence-corrected chi connectivity index (χ3v) is 6.77. The molecule has 1 aliphatic rings. The normalized spacial score (nSPS) is 32.8. The van der Waals surface area contributed by atoms with Crippen molar-refractivity contribution < 1.29 is 0 Å². The number of rotatable bonds is 2. The highest BCUT2D eigenvalue weighted by atomic mass is 15.3. The highest BCUT2D eigenvalue weighted by Crippen LogP contribution is 2.61. The zero-order valence-electron chi connectivity index (χ0n) is 13.9. The molecule has 0 spiro atoms. The molecule has 1 aromatic rings. The van der Waals surface area contributed by atoms with Crippen LogP contribution in [0.25, 0.3) is 0 Å². The third kappa shape index (κ3) is 1.55. The molecule has 2 atom stereocenters. The van der Waals surface area contributed by atoms with Crippen LogP contribution >= 0.6 is 0 Å². The fourth-order valence-electron chi connectivity index (χ4n) is 4.03. The predicted octanol–water partition coefficient (Wildman–Crippen LogP) is 4.45. The van der Waals surface area contributed by atoms with Crippen molar-refractivity contribution in [3.8, 4) is 0 Å². The van der Waals surface area contributed by atoms with Crippen LogP contribution in [-0.4, -0.2) is 16.1 Å². The summed E-state index contributed by atoms with van der Waals surface area (Å²) in [5.74, 6) is 1.34. The lowest BCUT2D eigenvalue weighted by molar-refractivity contribution is 0.0836. The zero-order valence-corrected chi connectivity index (χ0v) is 13.9. The van der Waals surface area contributed by atoms with Crippen LogP contribution in [0.5, 0.6) is 0 Å². The molecular weight excluding hydrogens is 232 g/mol. The van der Waals surface area contributed by atoms with E-state index < -0.39 is 0 Å². The Hall–Kier alpha value is -0.920. The van der Waals surface area contributed by atoms with Gasteiger partial charge in [0.2, 0.25) is 0 Å². The number of aryl methyl sites for hydroxylation is 1. The molecule has 2 nitrogen and oxygen atoms in total. The van der Waals surface area contributed by atoms with Crippen LogP contribution in [0.4, 0.5) is 5.82 Å². The molecule has 0 aromatic carbocycles. The van der Waals surface area contributed by atoms with Gasteiger partial charge in [-0.2, -0.15) is 0 Å². The molecule has 0 amide bonds. The first-order valence-corrected chi connectivity index (χ1v) is 7.52. The molecule has 108 valence electrons. The van der Waals surface area contributed by atoms with Crippen molar-refractivity contribution in [3.05, 3.63) is 18.3 Å². The number of nitrogens with zero attached hydrogens (tertiary/aromatic N) is 2. The standard InChI is InChI=1S/C17H30N2/c1-9-17(7)16(5,6)15(3,4)13(2)19(17)14-11-10-12-18(14)8/h10-13H,9H2,1-8H3/t13-,17?/m0/s1. The van der Waals surface area contributed by atoms with Gasteiger partial charge in [0.15, 0.2) is 0 Å². The Balaban J connectivity index is 2.64. The van der Waals surface area contributed by atoms with Crippen molar-refractivity contribution in [3.63, 3.8) is 0 Å². The van der Waals surface area contributed by atoms with E-state index in [4.69, 9.17) is 0 Å². The van der Waals surface area contributed by atoms with Gasteiger partial charge in [-0.3, -0.25) is 0 Å². The summed E-state index contributed by atoms with van der Waals surface area (Å²) in [7, 11) is 2.15. The van der Waals surface area contributed by atoms with Crippen LogP contribution in [0.2, 0.25) is 0 Å². The van der Waals surface area contributed by atoms with Gasteiger partial charge in [0.1, 0.15) is 5.82 Å². The average molecular weight is 262 g/mol. The largest absolute Gasteiger partial charge is 0.349 e. The molecule has 0 aliphatic carbocycles. The first kappa shape index (κ1) is 14.5. The zero-order chi connectivity index (χ0) is 14.6. The predicted molar refractivity (Wildman–Crippen MR) is 83.6 cm³/mol. The third-order valence-electron chi connectivity index (χ3n) is 6.77. The number of aromatic nitrogens is 1. The van der Waals surface area contributed by atoms with E-state index in [1.54, 1.807) is 0 Å². The highest BCUT2D eigenvalue weighted by molar-refractivity contribution is 5.50. The number of hydrogen-bond donors (Lipinski definition) is 0. The van der Waals surface area contributed by atoms with Crippen molar-refractivity contribution in [2.75, 3.05) is 4.90 Å². The van der Waals surface area contributed by atoms with Gasteiger partial charge >= 0.3 is 0 Å². The Morgan fingerprint density at radius 1 is 1.16 bits per heavy atom. The molecule has 0 N–H and O–H groups in total. The molecule has 1 aromatic heterocycles. The summed E-state index contributed by atoms with van der Waals surface area (Å²) in [5.41, 5.74) is 0.725. The quantitative estimate of drug-likeness (QED) is 0.764. The fraction of sp³-hybridized carbons (Fsp3) is 0.765. The summed E-state index contributed by atoms with van der Waals surface area (Å²) in [4.78, 5) is 2.66. The minimum atomic E-state index is 0.183. The maximum Gasteiger partial charge on any atom is 0.108 e. The Kier molecular flexibility index (Phi) is 3.08. The molecule has 1 fully saturated rings. The lowest BCUT2D eigenvalue weighted by Gasteiger charge is -2.47. The van der Waals surface area contributed by atoms with Crippen molar-refractivity contribution in [1.82, 2.24) is 4.57 Å². The fourth-order valence-corrected chi connectivity index (χ4v) is 4.03. The van der Waals surface area contributed by atoms with E-state index in [0.717, 1.165) is 0 Å². The summed E-state index contributed by atoms with van der Waals surface area (Å²) < 4.78 is 2.25. The molecule has 0 saturated carbocycles. The van der Waals surface area contributed by atoms with Gasteiger partial charge in [0.25, 0.3) is 0 Å². The van der Waals surface area contributed by atoms with Gasteiger partial charge in [0.05, 0.1) is 0 Å². The topological polar surface area (TPSA) is 8.17 Å². The number of hydrogen-bond acceptors (Lipinski definition) is 1. The van der Waals surface area contributed by atoms with E-state index >= 15 is 0 Å². The molecular formula is C17H30N2.